The molecule has 24 heavy (non-hydrogen) atoms. The topological polar surface area (TPSA) is 56.7 Å². The van der Waals surface area contributed by atoms with Crippen LogP contribution in [-0.4, -0.2) is 58.1 Å². The number of rotatable bonds is 5. The molecule has 0 radical (unpaired) electrons. The number of aliphatic hydroxyl groups is 1. The Hall–Kier alpha value is -1.46. The zero-order chi connectivity index (χ0) is 17.0. The Kier molecular flexibility index (Phi) is 5.51. The molecule has 1 atom stereocenters. The number of aromatic nitrogens is 1. The largest absolute Gasteiger partial charge is 0.380 e. The normalized spacial score (nSPS) is 23.6. The fraction of sp³-hybridized carbons (Fsp3) is 0.684. The maximum absolute atomic E-state index is 12.7. The minimum atomic E-state index is -1.09. The number of amides is 1. The van der Waals surface area contributed by atoms with Crippen LogP contribution in [-0.2, 0) is 11.3 Å². The van der Waals surface area contributed by atoms with Crippen LogP contribution in [0.1, 0.15) is 44.1 Å². The highest BCUT2D eigenvalue weighted by atomic mass is 16.3. The second-order valence-corrected chi connectivity index (χ2v) is 7.56. The lowest BCUT2D eigenvalue weighted by molar-refractivity contribution is -0.153. The predicted molar refractivity (Wildman–Crippen MR) is 93.3 cm³/mol. The number of hydrogen-bond acceptors (Lipinski definition) is 4. The van der Waals surface area contributed by atoms with Gasteiger partial charge in [-0.25, -0.2) is 0 Å². The summed E-state index contributed by atoms with van der Waals surface area (Å²) >= 11 is 0. The second-order valence-electron chi connectivity index (χ2n) is 7.56. The van der Waals surface area contributed by atoms with Crippen LogP contribution in [0.5, 0.6) is 0 Å². The van der Waals surface area contributed by atoms with Crippen LogP contribution >= 0.6 is 0 Å². The molecule has 0 spiro atoms. The SMILES string of the molecule is CN(Cc1cccnc1)C[C@@H]1CCN(C(=O)C2(O)CCCCC2)C1. The number of carbonyl (C=O) groups excluding carboxylic acids is 1. The molecule has 2 aliphatic rings. The van der Waals surface area contributed by atoms with E-state index in [1.54, 1.807) is 6.20 Å². The van der Waals surface area contributed by atoms with E-state index in [-0.39, 0.29) is 5.91 Å². The molecule has 0 bridgehead atoms. The molecule has 2 heterocycles. The van der Waals surface area contributed by atoms with Gasteiger partial charge in [-0.15, -0.1) is 0 Å². The minimum Gasteiger partial charge on any atom is -0.380 e. The molecule has 1 aromatic heterocycles. The van der Waals surface area contributed by atoms with Gasteiger partial charge in [-0.2, -0.15) is 0 Å². The lowest BCUT2D eigenvalue weighted by Crippen LogP contribution is -2.49. The van der Waals surface area contributed by atoms with Crippen molar-refractivity contribution in [1.29, 1.82) is 0 Å². The van der Waals surface area contributed by atoms with Crippen molar-refractivity contribution in [3.63, 3.8) is 0 Å². The number of pyridine rings is 1. The van der Waals surface area contributed by atoms with E-state index < -0.39 is 5.60 Å². The minimum absolute atomic E-state index is 0.0281. The van der Waals surface area contributed by atoms with Crippen molar-refractivity contribution in [2.45, 2.75) is 50.7 Å². The fourth-order valence-electron chi connectivity index (χ4n) is 4.12. The van der Waals surface area contributed by atoms with Gasteiger partial charge in [0.25, 0.3) is 5.91 Å². The van der Waals surface area contributed by atoms with Crippen molar-refractivity contribution in [3.8, 4) is 0 Å². The molecule has 1 aromatic rings. The van der Waals surface area contributed by atoms with Crippen LogP contribution in [0.25, 0.3) is 0 Å². The Labute approximate surface area is 144 Å². The molecule has 132 valence electrons. The van der Waals surface area contributed by atoms with Crippen molar-refractivity contribution < 1.29 is 9.90 Å². The molecule has 5 nitrogen and oxygen atoms in total. The second kappa shape index (κ2) is 7.62. The molecular formula is C19H29N3O2. The number of likely N-dealkylation sites (tertiary alicyclic amines) is 1. The molecule has 1 amide bonds. The third kappa shape index (κ3) is 4.14. The van der Waals surface area contributed by atoms with Gasteiger partial charge in [0, 0.05) is 38.6 Å². The average molecular weight is 331 g/mol. The van der Waals surface area contributed by atoms with Crippen LogP contribution in [0.2, 0.25) is 0 Å². The first-order valence-electron chi connectivity index (χ1n) is 9.16. The van der Waals surface area contributed by atoms with Gasteiger partial charge in [-0.1, -0.05) is 25.3 Å². The van der Waals surface area contributed by atoms with E-state index in [0.717, 1.165) is 51.9 Å². The zero-order valence-electron chi connectivity index (χ0n) is 14.7. The van der Waals surface area contributed by atoms with Gasteiger partial charge in [0.05, 0.1) is 0 Å². The summed E-state index contributed by atoms with van der Waals surface area (Å²) in [6.45, 7) is 3.41. The van der Waals surface area contributed by atoms with E-state index in [1.165, 1.54) is 5.56 Å². The highest BCUT2D eigenvalue weighted by Gasteiger charge is 2.42. The van der Waals surface area contributed by atoms with Gasteiger partial charge in [0.2, 0.25) is 0 Å². The third-order valence-electron chi connectivity index (χ3n) is 5.40. The summed E-state index contributed by atoms with van der Waals surface area (Å²) in [5.41, 5.74) is 0.122. The Morgan fingerprint density at radius 2 is 2.21 bits per heavy atom. The number of hydrogen-bond donors (Lipinski definition) is 1. The molecule has 1 N–H and O–H groups in total. The Morgan fingerprint density at radius 1 is 1.42 bits per heavy atom. The molecule has 1 aliphatic carbocycles. The molecule has 3 rings (SSSR count). The molecule has 1 saturated heterocycles. The highest BCUT2D eigenvalue weighted by molar-refractivity contribution is 5.85. The van der Waals surface area contributed by atoms with Crippen molar-refractivity contribution in [3.05, 3.63) is 30.1 Å². The first kappa shape index (κ1) is 17.4. The first-order chi connectivity index (χ1) is 11.6. The van der Waals surface area contributed by atoms with E-state index in [9.17, 15) is 9.90 Å². The van der Waals surface area contributed by atoms with Crippen LogP contribution in [0.4, 0.5) is 0 Å². The van der Waals surface area contributed by atoms with E-state index in [4.69, 9.17) is 0 Å². The monoisotopic (exact) mass is 331 g/mol. The molecule has 1 saturated carbocycles. The molecular weight excluding hydrogens is 302 g/mol. The summed E-state index contributed by atoms with van der Waals surface area (Å²) in [5, 5.41) is 10.7. The maximum atomic E-state index is 12.7. The van der Waals surface area contributed by atoms with Crippen molar-refractivity contribution in [2.75, 3.05) is 26.7 Å². The van der Waals surface area contributed by atoms with E-state index in [2.05, 4.69) is 23.0 Å². The van der Waals surface area contributed by atoms with Crippen LogP contribution in [0.15, 0.2) is 24.5 Å². The summed E-state index contributed by atoms with van der Waals surface area (Å²) in [6, 6.07) is 4.05. The standard InChI is InChI=1S/C19H29N3O2/c1-21(13-16-6-5-10-20-12-16)14-17-7-11-22(15-17)18(23)19(24)8-3-2-4-9-19/h5-6,10,12,17,24H,2-4,7-9,11,13-15H2,1H3/t17-/m0/s1. The summed E-state index contributed by atoms with van der Waals surface area (Å²) < 4.78 is 0. The van der Waals surface area contributed by atoms with Crippen LogP contribution in [0, 0.1) is 5.92 Å². The third-order valence-corrected chi connectivity index (χ3v) is 5.40. The fourth-order valence-corrected chi connectivity index (χ4v) is 4.12. The van der Waals surface area contributed by atoms with Crippen molar-refractivity contribution in [2.24, 2.45) is 5.92 Å². The van der Waals surface area contributed by atoms with Crippen LogP contribution < -0.4 is 0 Å². The zero-order valence-corrected chi connectivity index (χ0v) is 14.7. The lowest BCUT2D eigenvalue weighted by Gasteiger charge is -2.34. The molecule has 2 fully saturated rings. The summed E-state index contributed by atoms with van der Waals surface area (Å²) in [7, 11) is 2.12. The predicted octanol–water partition coefficient (Wildman–Crippen LogP) is 2.06. The molecule has 1 aliphatic heterocycles. The van der Waals surface area contributed by atoms with Gasteiger partial charge in [0.1, 0.15) is 5.60 Å². The van der Waals surface area contributed by atoms with Gasteiger partial charge in [-0.05, 0) is 43.9 Å². The molecule has 5 heteroatoms. The lowest BCUT2D eigenvalue weighted by atomic mass is 9.84. The Bertz CT molecular complexity index is 543. The summed E-state index contributed by atoms with van der Waals surface area (Å²) in [6.07, 6.45) is 9.05. The maximum Gasteiger partial charge on any atom is 0.254 e. The number of carbonyl (C=O) groups is 1. The van der Waals surface area contributed by atoms with E-state index in [1.807, 2.05) is 17.2 Å². The highest BCUT2D eigenvalue weighted by Crippen LogP contribution is 2.31. The Morgan fingerprint density at radius 3 is 2.92 bits per heavy atom. The van der Waals surface area contributed by atoms with Crippen LogP contribution in [0.3, 0.4) is 0 Å². The van der Waals surface area contributed by atoms with E-state index in [0.29, 0.717) is 18.8 Å². The number of nitrogens with zero attached hydrogens (tertiary/aromatic N) is 3. The Balaban J connectivity index is 1.49. The molecule has 0 unspecified atom stereocenters. The van der Waals surface area contributed by atoms with Gasteiger partial charge >= 0.3 is 0 Å². The average Bonchev–Trinajstić information content (AvgIpc) is 3.04. The smallest absolute Gasteiger partial charge is 0.254 e. The van der Waals surface area contributed by atoms with Gasteiger partial charge < -0.3 is 14.9 Å². The molecule has 0 aromatic carbocycles. The van der Waals surface area contributed by atoms with Gasteiger partial charge in [0.15, 0.2) is 0 Å². The van der Waals surface area contributed by atoms with Gasteiger partial charge in [-0.3, -0.25) is 9.78 Å². The summed E-state index contributed by atoms with van der Waals surface area (Å²) in [4.78, 5) is 21.0. The van der Waals surface area contributed by atoms with Crippen molar-refractivity contribution >= 4 is 5.91 Å². The first-order valence-corrected chi connectivity index (χ1v) is 9.16. The van der Waals surface area contributed by atoms with Crippen molar-refractivity contribution in [1.82, 2.24) is 14.8 Å². The quantitative estimate of drug-likeness (QED) is 0.897. The summed E-state index contributed by atoms with van der Waals surface area (Å²) in [5.74, 6) is 0.461. The van der Waals surface area contributed by atoms with E-state index >= 15 is 0 Å².